The number of thiophene rings is 1. The van der Waals surface area contributed by atoms with Crippen LogP contribution in [-0.2, 0) is 33.2 Å². The predicted octanol–water partition coefficient (Wildman–Crippen LogP) is 6.55. The zero-order valence-electron chi connectivity index (χ0n) is 27.3. The molecule has 1 radical (unpaired) electrons. The maximum Gasteiger partial charge on any atom is 0.282 e. The van der Waals surface area contributed by atoms with E-state index in [1.807, 2.05) is 58.9 Å². The first kappa shape index (κ1) is 38.2. The van der Waals surface area contributed by atoms with Gasteiger partial charge in [0.1, 0.15) is 0 Å². The third-order valence-electron chi connectivity index (χ3n) is 8.38. The van der Waals surface area contributed by atoms with Gasteiger partial charge in [-0.15, -0.1) is 11.3 Å². The van der Waals surface area contributed by atoms with Crippen LogP contribution in [0.3, 0.4) is 0 Å². The van der Waals surface area contributed by atoms with Crippen molar-refractivity contribution in [2.75, 3.05) is 23.0 Å². The number of anilines is 1. The number of allylic oxidation sites excluding steroid dienone is 2. The van der Waals surface area contributed by atoms with E-state index in [2.05, 4.69) is 40.3 Å². The number of aryl methyl sites for hydroxylation is 2. The second kappa shape index (κ2) is 16.1. The van der Waals surface area contributed by atoms with Crippen molar-refractivity contribution in [1.29, 1.82) is 5.26 Å². The molecule has 0 aliphatic carbocycles. The molecule has 11 nitrogen and oxygen atoms in total. The maximum absolute atomic E-state index is 11.4. The van der Waals surface area contributed by atoms with Gasteiger partial charge < -0.3 is 19.3 Å². The van der Waals surface area contributed by atoms with Crippen LogP contribution in [0.5, 0.6) is 5.75 Å². The maximum atomic E-state index is 11.4. The van der Waals surface area contributed by atoms with Crippen molar-refractivity contribution in [2.45, 2.75) is 39.3 Å². The van der Waals surface area contributed by atoms with E-state index in [4.69, 9.17) is 9.88 Å². The Morgan fingerprint density at radius 1 is 0.980 bits per heavy atom. The van der Waals surface area contributed by atoms with Gasteiger partial charge in [-0.25, -0.2) is 26.0 Å². The first-order chi connectivity index (χ1) is 23.4. The van der Waals surface area contributed by atoms with E-state index >= 15 is 0 Å². The standard InChI is InChI=1S/C35H35N5O6S3.Ac/c1-2-38-29-12-9-25(24-36)21-30(29)39(16-3-4-19-48(37,41)42)34(38)7-5-8-35-40(17-6-20-49(43,44)45)31-23-27(10-13-32(31)46-35)26-11-14-33-28(22-26)15-18-47-33;/h5,7-15,18,21-23H,2-4,6,16-17,19-20H2,1H3,(H2-,37,41,42,43,44,45);/p-1. The van der Waals surface area contributed by atoms with Crippen LogP contribution < -0.4 is 14.2 Å². The number of rotatable bonds is 13. The van der Waals surface area contributed by atoms with Crippen LogP contribution in [0.25, 0.3) is 43.5 Å². The smallest absolute Gasteiger partial charge is 0.282 e. The first-order valence-corrected chi connectivity index (χ1v) is 19.9. The number of hydrogen-bond acceptors (Lipinski definition) is 9. The SMILES string of the molecule is CC[n+]1c(/C=C/C=C2\Oc3ccc(-c4ccc5sccc5c4)cc3N2CCCS(=O)(=O)[O-])n(CCCCS([NH-])(=O)=O)c2cc(C#N)ccc21.[Ac]. The van der Waals surface area contributed by atoms with Crippen LogP contribution in [0.15, 0.2) is 84.1 Å². The molecule has 0 spiro atoms. The Kier molecular flexibility index (Phi) is 12.3. The van der Waals surface area contributed by atoms with Crippen LogP contribution >= 0.6 is 11.3 Å². The fraction of sp³-hybridized carbons (Fsp3) is 0.257. The molecule has 0 atom stereocenters. The largest absolute Gasteiger partial charge is 0.748 e. The predicted molar refractivity (Wildman–Crippen MR) is 191 cm³/mol. The van der Waals surface area contributed by atoms with Crippen LogP contribution in [0, 0.1) is 55.4 Å². The van der Waals surface area contributed by atoms with E-state index in [0.29, 0.717) is 43.1 Å². The molecule has 1 aliphatic rings. The van der Waals surface area contributed by atoms with Crippen LogP contribution in [-0.4, -0.2) is 44.0 Å². The molecule has 2 aromatic heterocycles. The van der Waals surface area contributed by atoms with Gasteiger partial charge in [0.15, 0.2) is 16.8 Å². The quantitative estimate of drug-likeness (QED) is 0.0730. The van der Waals surface area contributed by atoms with Crippen LogP contribution in [0.1, 0.15) is 37.6 Å². The molecule has 50 heavy (non-hydrogen) atoms. The molecule has 257 valence electrons. The van der Waals surface area contributed by atoms with E-state index in [1.54, 1.807) is 23.5 Å². The summed E-state index contributed by atoms with van der Waals surface area (Å²) in [5.74, 6) is 1.17. The van der Waals surface area contributed by atoms with Gasteiger partial charge >= 0.3 is 0 Å². The number of unbranched alkanes of at least 4 members (excludes halogenated alkanes) is 1. The second-order valence-corrected chi connectivity index (χ2v) is 15.8. The summed E-state index contributed by atoms with van der Waals surface area (Å²) >= 11 is 1.68. The minimum atomic E-state index is -4.40. The molecule has 0 bridgehead atoms. The van der Waals surface area contributed by atoms with Crippen LogP contribution in [0.2, 0.25) is 0 Å². The molecule has 3 heterocycles. The van der Waals surface area contributed by atoms with Crippen molar-refractivity contribution >= 4 is 64.4 Å². The van der Waals surface area contributed by atoms with E-state index < -0.39 is 25.9 Å². The topological polar surface area (TPSA) is 160 Å². The van der Waals surface area contributed by atoms with Crippen molar-refractivity contribution in [1.82, 2.24) is 4.57 Å². The molecule has 0 unspecified atom stereocenters. The number of nitrogens with one attached hydrogen (secondary N) is 1. The Morgan fingerprint density at radius 3 is 2.50 bits per heavy atom. The zero-order valence-corrected chi connectivity index (χ0v) is 34.5. The second-order valence-electron chi connectivity index (χ2n) is 11.7. The summed E-state index contributed by atoms with van der Waals surface area (Å²) < 4.78 is 68.8. The first-order valence-electron chi connectivity index (χ1n) is 15.8. The van der Waals surface area contributed by atoms with Gasteiger partial charge in [-0.1, -0.05) is 12.1 Å². The molecule has 0 saturated heterocycles. The van der Waals surface area contributed by atoms with E-state index in [0.717, 1.165) is 39.1 Å². The molecular weight excluding hydrogens is 910 g/mol. The Bertz CT molecular complexity index is 2380. The van der Waals surface area contributed by atoms with E-state index in [1.165, 1.54) is 4.70 Å². The van der Waals surface area contributed by atoms with Gasteiger partial charge in [-0.3, -0.25) is 0 Å². The van der Waals surface area contributed by atoms with Gasteiger partial charge in [0, 0.05) is 79.0 Å². The van der Waals surface area contributed by atoms with Gasteiger partial charge in [-0.05, 0) is 103 Å². The van der Waals surface area contributed by atoms with Crippen LogP contribution in [0.4, 0.5) is 5.69 Å². The molecule has 1 N–H and O–H groups in total. The minimum Gasteiger partial charge on any atom is -0.748 e. The average Bonchev–Trinajstić information content (AvgIpc) is 3.75. The number of nitrogens with zero attached hydrogens (tertiary/aromatic N) is 4. The summed E-state index contributed by atoms with van der Waals surface area (Å²) in [7, 11) is -8.23. The molecule has 5 aromatic rings. The Morgan fingerprint density at radius 2 is 1.76 bits per heavy atom. The molecule has 15 heteroatoms. The summed E-state index contributed by atoms with van der Waals surface area (Å²) in [6, 6.07) is 21.9. The number of nitriles is 1. The number of sulfonamides is 1. The minimum absolute atomic E-state index is 0. The van der Waals surface area contributed by atoms with Crippen molar-refractivity contribution < 1.29 is 74.8 Å². The third-order valence-corrected chi connectivity index (χ3v) is 10.9. The zero-order chi connectivity index (χ0) is 34.8. The molecule has 0 fully saturated rings. The number of aromatic nitrogens is 2. The number of benzene rings is 3. The average molecular weight is 944 g/mol. The summed E-state index contributed by atoms with van der Waals surface area (Å²) in [4.78, 5) is 1.88. The summed E-state index contributed by atoms with van der Waals surface area (Å²) in [5.41, 5.74) is 5.02. The van der Waals surface area contributed by atoms with Gasteiger partial charge in [0.05, 0.1) is 50.6 Å². The molecule has 6 rings (SSSR count). The Balaban J connectivity index is 0.00000486. The van der Waals surface area contributed by atoms with Crippen molar-refractivity contribution in [2.24, 2.45) is 0 Å². The summed E-state index contributed by atoms with van der Waals surface area (Å²) in [6.07, 6.45) is 6.49. The summed E-state index contributed by atoms with van der Waals surface area (Å²) in [5, 5.41) is 20.0. The van der Waals surface area contributed by atoms with Crippen molar-refractivity contribution in [3.63, 3.8) is 0 Å². The Hall–Kier alpha value is -3.08. The fourth-order valence-electron chi connectivity index (χ4n) is 6.14. The number of ether oxygens (including phenoxy) is 1. The van der Waals surface area contributed by atoms with Gasteiger partial charge in [0.2, 0.25) is 5.88 Å². The number of hydrogen-bond donors (Lipinski definition) is 0. The van der Waals surface area contributed by atoms with E-state index in [-0.39, 0.29) is 62.8 Å². The molecule has 1 aliphatic heterocycles. The number of imidazole rings is 1. The molecule has 0 saturated carbocycles. The fourth-order valence-corrected chi connectivity index (χ4v) is 7.97. The number of fused-ring (bicyclic) bond motifs is 3. The van der Waals surface area contributed by atoms with Gasteiger partial charge in [-0.2, -0.15) is 5.26 Å². The molecule has 0 amide bonds. The molecular formula is C35H34AcN5O6S3-. The summed E-state index contributed by atoms with van der Waals surface area (Å²) in [6.45, 7) is 3.36. The monoisotopic (exact) mass is 943 g/mol. The van der Waals surface area contributed by atoms with E-state index in [9.17, 15) is 26.7 Å². The molecule has 3 aromatic carbocycles. The van der Waals surface area contributed by atoms with Crippen molar-refractivity contribution in [3.05, 3.63) is 101 Å². The normalized spacial score (nSPS) is 14.0. The third kappa shape index (κ3) is 8.86. The van der Waals surface area contributed by atoms with Crippen molar-refractivity contribution in [3.8, 4) is 22.9 Å². The Labute approximate surface area is 331 Å². The van der Waals surface area contributed by atoms with Gasteiger partial charge in [0.25, 0.3) is 5.82 Å².